The molecule has 30 heavy (non-hydrogen) atoms. The molecule has 7 nitrogen and oxygen atoms in total. The van der Waals surface area contributed by atoms with Crippen molar-refractivity contribution >= 4 is 33.6 Å². The van der Waals surface area contributed by atoms with Crippen LogP contribution in [-0.2, 0) is 20.7 Å². The van der Waals surface area contributed by atoms with E-state index < -0.39 is 0 Å². The second kappa shape index (κ2) is 8.85. The Labute approximate surface area is 175 Å². The third-order valence-electron chi connectivity index (χ3n) is 5.38. The average Bonchev–Trinajstić information content (AvgIpc) is 3.13. The number of nitrogens with zero attached hydrogens (tertiary/aromatic N) is 1. The first-order valence-corrected chi connectivity index (χ1v) is 10.3. The molecule has 0 bridgehead atoms. The van der Waals surface area contributed by atoms with Gasteiger partial charge in [0.25, 0.3) is 0 Å². The summed E-state index contributed by atoms with van der Waals surface area (Å²) in [5, 5.41) is 3.07. The fourth-order valence-electron chi connectivity index (χ4n) is 4.15. The number of hydrazine groups is 1. The lowest BCUT2D eigenvalue weighted by atomic mass is 10.0. The standard InChI is InChI=1S/C23H27N3O4/c1-15-12-26(13-16(2)30-15)10-9-21(27)24-25-22(28)11-18-14-29-20-8-7-17-5-3-4-6-19(17)23(18)20/h3-8,14-16H,9-13H2,1-2H3,(H,24,27)(H,25,28)/t15-,16-/m1/s1. The van der Waals surface area contributed by atoms with Crippen LogP contribution in [0.4, 0.5) is 0 Å². The number of carbonyl (C=O) groups excluding carboxylic acids is 2. The molecule has 2 heterocycles. The predicted octanol–water partition coefficient (Wildman–Crippen LogP) is 2.78. The first-order valence-electron chi connectivity index (χ1n) is 10.3. The van der Waals surface area contributed by atoms with Crippen molar-refractivity contribution in [2.75, 3.05) is 19.6 Å². The Kier molecular flexibility index (Phi) is 6.01. The third-order valence-corrected chi connectivity index (χ3v) is 5.38. The number of furan rings is 1. The zero-order chi connectivity index (χ0) is 21.1. The molecule has 2 aromatic carbocycles. The van der Waals surface area contributed by atoms with Crippen LogP contribution in [0.2, 0.25) is 0 Å². The minimum Gasteiger partial charge on any atom is -0.464 e. The Morgan fingerprint density at radius 2 is 1.77 bits per heavy atom. The van der Waals surface area contributed by atoms with E-state index in [1.165, 1.54) is 0 Å². The van der Waals surface area contributed by atoms with Crippen LogP contribution in [0.3, 0.4) is 0 Å². The molecule has 0 saturated carbocycles. The first kappa shape index (κ1) is 20.4. The lowest BCUT2D eigenvalue weighted by Crippen LogP contribution is -2.47. The number of ether oxygens (including phenoxy) is 1. The van der Waals surface area contributed by atoms with Gasteiger partial charge in [-0.1, -0.05) is 30.3 Å². The maximum Gasteiger partial charge on any atom is 0.242 e. The van der Waals surface area contributed by atoms with Crippen molar-refractivity contribution < 1.29 is 18.7 Å². The zero-order valence-corrected chi connectivity index (χ0v) is 17.3. The molecule has 1 aliphatic heterocycles. The number of amides is 2. The highest BCUT2D eigenvalue weighted by Gasteiger charge is 2.22. The summed E-state index contributed by atoms with van der Waals surface area (Å²) in [6.07, 6.45) is 2.38. The minimum atomic E-state index is -0.285. The van der Waals surface area contributed by atoms with Gasteiger partial charge in [0, 0.05) is 37.0 Å². The van der Waals surface area contributed by atoms with Gasteiger partial charge in [-0.15, -0.1) is 0 Å². The summed E-state index contributed by atoms with van der Waals surface area (Å²) in [6.45, 7) is 6.33. The fourth-order valence-corrected chi connectivity index (χ4v) is 4.15. The monoisotopic (exact) mass is 409 g/mol. The molecule has 0 aliphatic carbocycles. The number of benzene rings is 2. The van der Waals surface area contributed by atoms with E-state index in [9.17, 15) is 9.59 Å². The van der Waals surface area contributed by atoms with E-state index in [4.69, 9.17) is 9.15 Å². The Morgan fingerprint density at radius 3 is 2.57 bits per heavy atom. The fraction of sp³-hybridized carbons (Fsp3) is 0.391. The molecule has 2 N–H and O–H groups in total. The first-order chi connectivity index (χ1) is 14.5. The predicted molar refractivity (Wildman–Crippen MR) is 115 cm³/mol. The molecule has 1 aliphatic rings. The Bertz CT molecular complexity index is 1050. The van der Waals surface area contributed by atoms with Crippen LogP contribution in [0.1, 0.15) is 25.8 Å². The highest BCUT2D eigenvalue weighted by atomic mass is 16.5. The third kappa shape index (κ3) is 4.63. The molecule has 4 rings (SSSR count). The molecule has 0 radical (unpaired) electrons. The topological polar surface area (TPSA) is 83.8 Å². The van der Waals surface area contributed by atoms with E-state index >= 15 is 0 Å². The van der Waals surface area contributed by atoms with Gasteiger partial charge in [-0.2, -0.15) is 0 Å². The molecule has 7 heteroatoms. The summed E-state index contributed by atoms with van der Waals surface area (Å²) in [6, 6.07) is 11.9. The second-order valence-corrected chi connectivity index (χ2v) is 7.96. The zero-order valence-electron chi connectivity index (χ0n) is 17.3. The quantitative estimate of drug-likeness (QED) is 0.633. The van der Waals surface area contributed by atoms with Gasteiger partial charge < -0.3 is 9.15 Å². The van der Waals surface area contributed by atoms with E-state index in [0.29, 0.717) is 13.0 Å². The van der Waals surface area contributed by atoms with Crippen LogP contribution >= 0.6 is 0 Å². The lowest BCUT2D eigenvalue weighted by Gasteiger charge is -2.35. The number of rotatable bonds is 5. The minimum absolute atomic E-state index is 0.125. The van der Waals surface area contributed by atoms with Gasteiger partial charge in [0.1, 0.15) is 5.58 Å². The van der Waals surface area contributed by atoms with Crippen LogP contribution in [0.15, 0.2) is 47.1 Å². The van der Waals surface area contributed by atoms with Gasteiger partial charge in [0.05, 0.1) is 24.9 Å². The van der Waals surface area contributed by atoms with Crippen molar-refractivity contribution in [3.05, 3.63) is 48.2 Å². The van der Waals surface area contributed by atoms with Crippen LogP contribution in [0.25, 0.3) is 21.7 Å². The van der Waals surface area contributed by atoms with Gasteiger partial charge in [-0.3, -0.25) is 25.3 Å². The molecule has 2 atom stereocenters. The summed E-state index contributed by atoms with van der Waals surface area (Å²) in [7, 11) is 0. The van der Waals surface area contributed by atoms with Gasteiger partial charge in [0.2, 0.25) is 11.8 Å². The second-order valence-electron chi connectivity index (χ2n) is 7.96. The van der Waals surface area contributed by atoms with Gasteiger partial charge in [-0.25, -0.2) is 0 Å². The highest BCUT2D eigenvalue weighted by Crippen LogP contribution is 2.30. The van der Waals surface area contributed by atoms with Crippen molar-refractivity contribution in [2.24, 2.45) is 0 Å². The number of carbonyl (C=O) groups is 2. The van der Waals surface area contributed by atoms with E-state index in [0.717, 1.165) is 40.4 Å². The van der Waals surface area contributed by atoms with Crippen molar-refractivity contribution in [1.29, 1.82) is 0 Å². The summed E-state index contributed by atoms with van der Waals surface area (Å²) >= 11 is 0. The van der Waals surface area contributed by atoms with E-state index in [1.807, 2.05) is 50.2 Å². The Balaban J connectivity index is 1.31. The van der Waals surface area contributed by atoms with Crippen LogP contribution in [-0.4, -0.2) is 48.6 Å². The number of hydrogen-bond donors (Lipinski definition) is 2. The van der Waals surface area contributed by atoms with Crippen LogP contribution in [0, 0.1) is 0 Å². The van der Waals surface area contributed by atoms with Crippen molar-refractivity contribution in [1.82, 2.24) is 15.8 Å². The Morgan fingerprint density at radius 1 is 1.03 bits per heavy atom. The largest absolute Gasteiger partial charge is 0.464 e. The molecular formula is C23H27N3O4. The van der Waals surface area contributed by atoms with Crippen molar-refractivity contribution in [3.8, 4) is 0 Å². The average molecular weight is 409 g/mol. The molecule has 1 aromatic heterocycles. The molecule has 1 saturated heterocycles. The van der Waals surface area contributed by atoms with Gasteiger partial charge >= 0.3 is 0 Å². The maximum absolute atomic E-state index is 12.4. The van der Waals surface area contributed by atoms with Crippen LogP contribution < -0.4 is 10.9 Å². The summed E-state index contributed by atoms with van der Waals surface area (Å²) in [5.74, 6) is -0.495. The highest BCUT2D eigenvalue weighted by molar-refractivity contribution is 6.08. The molecule has 158 valence electrons. The van der Waals surface area contributed by atoms with Crippen molar-refractivity contribution in [2.45, 2.75) is 38.9 Å². The van der Waals surface area contributed by atoms with E-state index in [1.54, 1.807) is 6.26 Å². The Hall–Kier alpha value is -2.90. The molecule has 3 aromatic rings. The lowest BCUT2D eigenvalue weighted by molar-refractivity contribution is -0.129. The number of fused-ring (bicyclic) bond motifs is 3. The van der Waals surface area contributed by atoms with Gasteiger partial charge in [-0.05, 0) is 30.7 Å². The van der Waals surface area contributed by atoms with Gasteiger partial charge in [0.15, 0.2) is 0 Å². The maximum atomic E-state index is 12.4. The van der Waals surface area contributed by atoms with Crippen LogP contribution in [0.5, 0.6) is 0 Å². The number of morpholine rings is 1. The number of hydrogen-bond acceptors (Lipinski definition) is 5. The smallest absolute Gasteiger partial charge is 0.242 e. The summed E-state index contributed by atoms with van der Waals surface area (Å²) in [5.41, 5.74) is 6.57. The normalized spacial score (nSPS) is 19.8. The molecular weight excluding hydrogens is 382 g/mol. The number of nitrogens with one attached hydrogen (secondary N) is 2. The molecule has 2 amide bonds. The SMILES string of the molecule is C[C@@H]1CN(CCC(=O)NNC(=O)Cc2coc3ccc4ccccc4c23)C[C@@H](C)O1. The molecule has 0 spiro atoms. The van der Waals surface area contributed by atoms with E-state index in [2.05, 4.69) is 15.8 Å². The molecule has 1 fully saturated rings. The van der Waals surface area contributed by atoms with E-state index in [-0.39, 0.29) is 30.4 Å². The summed E-state index contributed by atoms with van der Waals surface area (Å²) < 4.78 is 11.3. The summed E-state index contributed by atoms with van der Waals surface area (Å²) in [4.78, 5) is 26.7. The van der Waals surface area contributed by atoms with Crippen molar-refractivity contribution in [3.63, 3.8) is 0 Å². The molecule has 0 unspecified atom stereocenters.